The smallest absolute Gasteiger partial charge is 0.193 e. The number of aliphatic imine (C=N–C) groups is 1. The van der Waals surface area contributed by atoms with E-state index >= 15 is 0 Å². The van der Waals surface area contributed by atoms with Gasteiger partial charge in [-0.25, -0.2) is 0 Å². The van der Waals surface area contributed by atoms with Gasteiger partial charge in [0.05, 0.1) is 27.4 Å². The molecule has 1 N–H and O–H groups in total. The van der Waals surface area contributed by atoms with Crippen LogP contribution in [0.3, 0.4) is 0 Å². The number of methoxy groups -OCH3 is 2. The number of nitrogens with one attached hydrogen (secondary N) is 1. The maximum Gasteiger partial charge on any atom is 0.193 e. The molecule has 1 saturated heterocycles. The first-order valence-electron chi connectivity index (χ1n) is 10.2. The largest absolute Gasteiger partial charge is 0.493 e. The monoisotopic (exact) mass is 392 g/mol. The normalized spacial score (nSPS) is 15.4. The van der Waals surface area contributed by atoms with Crippen LogP contribution in [0.25, 0.3) is 0 Å². The number of morpholine rings is 1. The lowest BCUT2D eigenvalue weighted by molar-refractivity contribution is 0.0377. The van der Waals surface area contributed by atoms with Gasteiger partial charge in [0.25, 0.3) is 0 Å². The van der Waals surface area contributed by atoms with E-state index in [-0.39, 0.29) is 0 Å². The Hall–Kier alpha value is -1.99. The summed E-state index contributed by atoms with van der Waals surface area (Å²) in [7, 11) is 5.41. The van der Waals surface area contributed by atoms with Crippen molar-refractivity contribution in [3.63, 3.8) is 0 Å². The van der Waals surface area contributed by atoms with Crippen molar-refractivity contribution in [3.05, 3.63) is 23.8 Å². The van der Waals surface area contributed by atoms with Crippen LogP contribution < -0.4 is 14.8 Å². The second-order valence-corrected chi connectivity index (χ2v) is 6.90. The Bertz CT molecular complexity index is 603. The molecule has 7 heteroatoms. The molecular weight excluding hydrogens is 356 g/mol. The molecule has 0 amide bonds. The predicted molar refractivity (Wildman–Crippen MR) is 114 cm³/mol. The van der Waals surface area contributed by atoms with Crippen LogP contribution in [0.2, 0.25) is 0 Å². The van der Waals surface area contributed by atoms with Crippen LogP contribution in [-0.4, -0.2) is 89.5 Å². The molecule has 0 spiro atoms. The average molecular weight is 393 g/mol. The van der Waals surface area contributed by atoms with Crippen molar-refractivity contribution >= 4 is 5.96 Å². The Morgan fingerprint density at radius 2 is 1.96 bits per heavy atom. The van der Waals surface area contributed by atoms with E-state index in [1.165, 1.54) is 5.56 Å². The molecule has 0 saturated carbocycles. The molecule has 1 heterocycles. The minimum Gasteiger partial charge on any atom is -0.493 e. The van der Waals surface area contributed by atoms with Gasteiger partial charge < -0.3 is 24.4 Å². The number of hydrogen-bond acceptors (Lipinski definition) is 5. The molecule has 1 fully saturated rings. The fraction of sp³-hybridized carbons (Fsp3) is 0.667. The maximum atomic E-state index is 5.40. The van der Waals surface area contributed by atoms with Crippen LogP contribution in [0, 0.1) is 0 Å². The van der Waals surface area contributed by atoms with Crippen LogP contribution >= 0.6 is 0 Å². The van der Waals surface area contributed by atoms with E-state index in [0.29, 0.717) is 0 Å². The van der Waals surface area contributed by atoms with Crippen molar-refractivity contribution in [2.24, 2.45) is 4.99 Å². The summed E-state index contributed by atoms with van der Waals surface area (Å²) >= 11 is 0. The summed E-state index contributed by atoms with van der Waals surface area (Å²) in [5.74, 6) is 2.49. The predicted octanol–water partition coefficient (Wildman–Crippen LogP) is 1.87. The van der Waals surface area contributed by atoms with Crippen LogP contribution in [0.4, 0.5) is 0 Å². The summed E-state index contributed by atoms with van der Waals surface area (Å²) in [4.78, 5) is 9.44. The van der Waals surface area contributed by atoms with E-state index in [0.717, 1.165) is 82.8 Å². The van der Waals surface area contributed by atoms with Gasteiger partial charge in [-0.05, 0) is 37.5 Å². The molecule has 7 nitrogen and oxygen atoms in total. The second-order valence-electron chi connectivity index (χ2n) is 6.90. The highest BCUT2D eigenvalue weighted by atomic mass is 16.5. The fourth-order valence-corrected chi connectivity index (χ4v) is 3.21. The topological polar surface area (TPSA) is 58.6 Å². The lowest BCUT2D eigenvalue weighted by Gasteiger charge is -2.26. The lowest BCUT2D eigenvalue weighted by Crippen LogP contribution is -2.40. The number of guanidine groups is 1. The van der Waals surface area contributed by atoms with Gasteiger partial charge in [-0.15, -0.1) is 0 Å². The van der Waals surface area contributed by atoms with Gasteiger partial charge in [-0.2, -0.15) is 0 Å². The SMILES string of the molecule is CCNC(=NCCCN1CCOCC1)N(C)CCc1ccc(OC)c(OC)c1. The zero-order valence-electron chi connectivity index (χ0n) is 17.9. The Morgan fingerprint density at radius 3 is 2.64 bits per heavy atom. The van der Waals surface area contributed by atoms with Crippen molar-refractivity contribution in [3.8, 4) is 11.5 Å². The first kappa shape index (κ1) is 22.3. The van der Waals surface area contributed by atoms with Crippen molar-refractivity contribution in [2.75, 3.05) is 73.7 Å². The van der Waals surface area contributed by atoms with Crippen molar-refractivity contribution in [1.82, 2.24) is 15.1 Å². The third kappa shape index (κ3) is 7.20. The summed E-state index contributed by atoms with van der Waals surface area (Å²) in [5.41, 5.74) is 1.22. The molecule has 0 aliphatic carbocycles. The number of nitrogens with zero attached hydrogens (tertiary/aromatic N) is 3. The van der Waals surface area contributed by atoms with Gasteiger partial charge in [0.2, 0.25) is 0 Å². The molecule has 28 heavy (non-hydrogen) atoms. The third-order valence-corrected chi connectivity index (χ3v) is 4.88. The molecule has 1 aliphatic heterocycles. The number of benzene rings is 1. The Balaban J connectivity index is 1.82. The number of likely N-dealkylation sites (N-methyl/N-ethyl adjacent to an activating group) is 1. The number of hydrogen-bond donors (Lipinski definition) is 1. The molecule has 1 aromatic rings. The molecule has 0 aromatic heterocycles. The molecular formula is C21H36N4O3. The summed E-state index contributed by atoms with van der Waals surface area (Å²) < 4.78 is 16.1. The third-order valence-electron chi connectivity index (χ3n) is 4.88. The van der Waals surface area contributed by atoms with Gasteiger partial charge >= 0.3 is 0 Å². The summed E-state index contributed by atoms with van der Waals surface area (Å²) in [6.07, 6.45) is 1.98. The number of rotatable bonds is 10. The van der Waals surface area contributed by atoms with Gasteiger partial charge in [-0.3, -0.25) is 9.89 Å². The van der Waals surface area contributed by atoms with Crippen LogP contribution in [0.1, 0.15) is 18.9 Å². The van der Waals surface area contributed by atoms with Gasteiger partial charge in [0.1, 0.15) is 0 Å². The zero-order chi connectivity index (χ0) is 20.2. The maximum absolute atomic E-state index is 5.40. The van der Waals surface area contributed by atoms with E-state index in [4.69, 9.17) is 19.2 Å². The second kappa shape index (κ2) is 12.5. The quantitative estimate of drug-likeness (QED) is 0.373. The van der Waals surface area contributed by atoms with E-state index in [9.17, 15) is 0 Å². The molecule has 0 bridgehead atoms. The van der Waals surface area contributed by atoms with Crippen molar-refractivity contribution < 1.29 is 14.2 Å². The van der Waals surface area contributed by atoms with Gasteiger partial charge in [0.15, 0.2) is 17.5 Å². The Labute approximate surface area is 169 Å². The van der Waals surface area contributed by atoms with Crippen LogP contribution in [0.5, 0.6) is 11.5 Å². The summed E-state index contributed by atoms with van der Waals surface area (Å²) in [5, 5.41) is 3.40. The van der Waals surface area contributed by atoms with Crippen LogP contribution in [-0.2, 0) is 11.2 Å². The highest BCUT2D eigenvalue weighted by Gasteiger charge is 2.10. The molecule has 1 aromatic carbocycles. The van der Waals surface area contributed by atoms with Crippen molar-refractivity contribution in [2.45, 2.75) is 19.8 Å². The molecule has 1 aliphatic rings. The van der Waals surface area contributed by atoms with E-state index in [1.54, 1.807) is 14.2 Å². The van der Waals surface area contributed by atoms with E-state index in [1.807, 2.05) is 12.1 Å². The highest BCUT2D eigenvalue weighted by Crippen LogP contribution is 2.27. The minimum atomic E-state index is 0.759. The Kier molecular flexibility index (Phi) is 9.93. The first-order valence-corrected chi connectivity index (χ1v) is 10.2. The van der Waals surface area contributed by atoms with Crippen molar-refractivity contribution in [1.29, 1.82) is 0 Å². The molecule has 0 radical (unpaired) electrons. The molecule has 0 atom stereocenters. The standard InChI is InChI=1S/C21H36N4O3/c1-5-22-21(23-10-6-11-25-13-15-28-16-14-25)24(2)12-9-18-7-8-19(26-3)20(17-18)27-4/h7-8,17H,5-6,9-16H2,1-4H3,(H,22,23). The summed E-state index contributed by atoms with van der Waals surface area (Å²) in [6.45, 7) is 9.54. The van der Waals surface area contributed by atoms with E-state index in [2.05, 4.69) is 35.2 Å². The van der Waals surface area contributed by atoms with Crippen LogP contribution in [0.15, 0.2) is 23.2 Å². The fourth-order valence-electron chi connectivity index (χ4n) is 3.21. The van der Waals surface area contributed by atoms with Gasteiger partial charge in [0, 0.05) is 46.3 Å². The Morgan fingerprint density at radius 1 is 1.21 bits per heavy atom. The first-order chi connectivity index (χ1) is 13.7. The molecule has 158 valence electrons. The molecule has 0 unspecified atom stereocenters. The van der Waals surface area contributed by atoms with Gasteiger partial charge in [-0.1, -0.05) is 6.07 Å². The zero-order valence-corrected chi connectivity index (χ0v) is 17.9. The highest BCUT2D eigenvalue weighted by molar-refractivity contribution is 5.79. The average Bonchev–Trinajstić information content (AvgIpc) is 2.74. The van der Waals surface area contributed by atoms with E-state index < -0.39 is 0 Å². The minimum absolute atomic E-state index is 0.759. The molecule has 2 rings (SSSR count). The number of ether oxygens (including phenoxy) is 3. The lowest BCUT2D eigenvalue weighted by atomic mass is 10.1. The summed E-state index contributed by atoms with van der Waals surface area (Å²) in [6, 6.07) is 6.08.